The summed E-state index contributed by atoms with van der Waals surface area (Å²) in [7, 11) is 0. The van der Waals surface area contributed by atoms with Gasteiger partial charge in [0.1, 0.15) is 23.7 Å². The van der Waals surface area contributed by atoms with Gasteiger partial charge in [-0.05, 0) is 59.3 Å². The number of nitrogens with one attached hydrogen (secondary N) is 3. The van der Waals surface area contributed by atoms with E-state index in [1.807, 2.05) is 0 Å². The van der Waals surface area contributed by atoms with Crippen LogP contribution in [-0.4, -0.2) is 101 Å². The summed E-state index contributed by atoms with van der Waals surface area (Å²) in [5.41, 5.74) is 9.64. The molecule has 7 N–H and O–H groups in total. The van der Waals surface area contributed by atoms with Crippen LogP contribution in [0.5, 0.6) is 0 Å². The third-order valence-corrected chi connectivity index (χ3v) is 7.84. The van der Waals surface area contributed by atoms with Crippen LogP contribution in [0.3, 0.4) is 0 Å². The SMILES string of the molecule is CC(=O)N1CC[C@H]2CC[C@@H](C(=O)N[C@@H](CCC(N)=O)C(=O)NCCCCCCCC(N)=O)N2C(=O)[C@@H](NC(=O)OC(C)(C)C)C1. The third-order valence-electron chi connectivity index (χ3n) is 7.84. The molecule has 0 radical (unpaired) electrons. The number of nitrogens with zero attached hydrogens (tertiary/aromatic N) is 2. The number of ether oxygens (including phenoxy) is 1. The van der Waals surface area contributed by atoms with E-state index < -0.39 is 53.4 Å². The first-order valence-electron chi connectivity index (χ1n) is 15.8. The van der Waals surface area contributed by atoms with Gasteiger partial charge in [-0.3, -0.25) is 28.8 Å². The summed E-state index contributed by atoms with van der Waals surface area (Å²) in [6.45, 7) is 7.06. The second-order valence-corrected chi connectivity index (χ2v) is 12.8. The van der Waals surface area contributed by atoms with Gasteiger partial charge in [0.25, 0.3) is 0 Å². The minimum absolute atomic E-state index is 0.0134. The molecule has 4 atom stereocenters. The van der Waals surface area contributed by atoms with Crippen molar-refractivity contribution in [1.29, 1.82) is 0 Å². The predicted molar refractivity (Wildman–Crippen MR) is 164 cm³/mol. The molecule has 2 aliphatic heterocycles. The zero-order valence-electron chi connectivity index (χ0n) is 27.0. The second-order valence-electron chi connectivity index (χ2n) is 12.8. The highest BCUT2D eigenvalue weighted by Crippen LogP contribution is 2.29. The van der Waals surface area contributed by atoms with Crippen LogP contribution in [0, 0.1) is 0 Å². The van der Waals surface area contributed by atoms with Gasteiger partial charge in [0.05, 0.1) is 6.54 Å². The van der Waals surface area contributed by atoms with Crippen LogP contribution in [0.2, 0.25) is 0 Å². The fraction of sp³-hybridized carbons (Fsp3) is 0.767. The molecule has 0 aliphatic carbocycles. The zero-order chi connectivity index (χ0) is 33.7. The molecule has 2 heterocycles. The van der Waals surface area contributed by atoms with Crippen LogP contribution in [0.4, 0.5) is 4.79 Å². The molecule has 0 aromatic carbocycles. The molecule has 2 saturated heterocycles. The maximum Gasteiger partial charge on any atom is 0.408 e. The van der Waals surface area contributed by atoms with Crippen molar-refractivity contribution in [2.24, 2.45) is 11.5 Å². The second kappa shape index (κ2) is 17.5. The highest BCUT2D eigenvalue weighted by atomic mass is 16.6. The molecule has 0 spiro atoms. The Morgan fingerprint density at radius 2 is 1.58 bits per heavy atom. The van der Waals surface area contributed by atoms with E-state index in [4.69, 9.17) is 16.2 Å². The lowest BCUT2D eigenvalue weighted by molar-refractivity contribution is -0.145. The standard InChI is InChI=1S/C30H51N7O8/c1-19(38)36-17-15-20-11-13-23(37(20)28(43)22(18-36)35-29(44)45-30(2,3)4)27(42)34-21(12-14-25(32)40)26(41)33-16-9-7-5-6-8-10-24(31)39/h20-23H,5-18H2,1-4H3,(H2,31,39)(H2,32,40)(H,33,41)(H,34,42)(H,35,44)/t20-,21+,22+,23+/m1/s1. The molecule has 0 bridgehead atoms. The van der Waals surface area contributed by atoms with Crippen molar-refractivity contribution < 1.29 is 38.3 Å². The summed E-state index contributed by atoms with van der Waals surface area (Å²) in [4.78, 5) is 90.7. The number of hydrogen-bond donors (Lipinski definition) is 5. The molecule has 254 valence electrons. The molecule has 2 aliphatic rings. The van der Waals surface area contributed by atoms with E-state index in [2.05, 4.69) is 16.0 Å². The lowest BCUT2D eigenvalue weighted by atomic mass is 10.1. The molecule has 0 unspecified atom stereocenters. The first kappa shape index (κ1) is 37.3. The molecule has 2 fully saturated rings. The minimum atomic E-state index is -1.15. The van der Waals surface area contributed by atoms with E-state index in [0.29, 0.717) is 45.2 Å². The van der Waals surface area contributed by atoms with Crippen LogP contribution < -0.4 is 27.4 Å². The van der Waals surface area contributed by atoms with E-state index in [9.17, 15) is 33.6 Å². The number of carbonyl (C=O) groups excluding carboxylic acids is 7. The molecule has 0 aromatic rings. The van der Waals surface area contributed by atoms with Crippen LogP contribution in [0.25, 0.3) is 0 Å². The van der Waals surface area contributed by atoms with Gasteiger partial charge in [0, 0.05) is 38.9 Å². The van der Waals surface area contributed by atoms with Crippen molar-refractivity contribution in [2.75, 3.05) is 19.6 Å². The van der Waals surface area contributed by atoms with Crippen molar-refractivity contribution >= 4 is 41.5 Å². The molecular formula is C30H51N7O8. The van der Waals surface area contributed by atoms with Crippen LogP contribution in [-0.2, 0) is 33.5 Å². The van der Waals surface area contributed by atoms with E-state index in [1.54, 1.807) is 20.8 Å². The van der Waals surface area contributed by atoms with Gasteiger partial charge in [0.2, 0.25) is 35.4 Å². The van der Waals surface area contributed by atoms with Gasteiger partial charge in [-0.15, -0.1) is 0 Å². The normalized spacial score (nSPS) is 20.7. The maximum atomic E-state index is 13.9. The first-order valence-corrected chi connectivity index (χ1v) is 15.8. The Morgan fingerprint density at radius 1 is 0.933 bits per heavy atom. The number of unbranched alkanes of at least 4 members (excludes halogenated alkanes) is 4. The molecule has 15 heteroatoms. The minimum Gasteiger partial charge on any atom is -0.444 e. The number of primary amides is 2. The van der Waals surface area contributed by atoms with Crippen LogP contribution >= 0.6 is 0 Å². The topological polar surface area (TPSA) is 223 Å². The van der Waals surface area contributed by atoms with Crippen molar-refractivity contribution in [3.8, 4) is 0 Å². The largest absolute Gasteiger partial charge is 0.444 e. The molecule has 0 aromatic heterocycles. The summed E-state index contributed by atoms with van der Waals surface area (Å²) >= 11 is 0. The number of alkyl carbamates (subject to hydrolysis) is 1. The number of fused-ring (bicyclic) bond motifs is 1. The monoisotopic (exact) mass is 637 g/mol. The van der Waals surface area contributed by atoms with Crippen LogP contribution in [0.1, 0.15) is 98.3 Å². The van der Waals surface area contributed by atoms with E-state index in [0.717, 1.165) is 25.7 Å². The fourth-order valence-electron chi connectivity index (χ4n) is 5.59. The summed E-state index contributed by atoms with van der Waals surface area (Å²) in [6.07, 6.45) is 4.62. The Hall–Kier alpha value is -3.91. The summed E-state index contributed by atoms with van der Waals surface area (Å²) < 4.78 is 5.34. The molecule has 15 nitrogen and oxygen atoms in total. The summed E-state index contributed by atoms with van der Waals surface area (Å²) in [6, 6.07) is -3.48. The number of amides is 7. The van der Waals surface area contributed by atoms with Gasteiger partial charge in [-0.1, -0.05) is 19.3 Å². The van der Waals surface area contributed by atoms with E-state index >= 15 is 0 Å². The van der Waals surface area contributed by atoms with Crippen molar-refractivity contribution in [3.63, 3.8) is 0 Å². The lowest BCUT2D eigenvalue weighted by Crippen LogP contribution is -2.62. The molecule has 7 amide bonds. The van der Waals surface area contributed by atoms with E-state index in [1.165, 1.54) is 16.7 Å². The van der Waals surface area contributed by atoms with Crippen molar-refractivity contribution in [1.82, 2.24) is 25.8 Å². The van der Waals surface area contributed by atoms with Crippen molar-refractivity contribution in [2.45, 2.75) is 128 Å². The van der Waals surface area contributed by atoms with Gasteiger partial charge < -0.3 is 42.0 Å². The lowest BCUT2D eigenvalue weighted by Gasteiger charge is -2.38. The fourth-order valence-corrected chi connectivity index (χ4v) is 5.59. The zero-order valence-corrected chi connectivity index (χ0v) is 27.0. The number of hydrogen-bond acceptors (Lipinski definition) is 8. The average Bonchev–Trinajstić information content (AvgIpc) is 3.34. The molecule has 0 saturated carbocycles. The van der Waals surface area contributed by atoms with Crippen LogP contribution in [0.15, 0.2) is 0 Å². The third kappa shape index (κ3) is 12.9. The maximum absolute atomic E-state index is 13.9. The Balaban J connectivity index is 2.10. The van der Waals surface area contributed by atoms with Gasteiger partial charge in [0.15, 0.2) is 0 Å². The van der Waals surface area contributed by atoms with Crippen molar-refractivity contribution in [3.05, 3.63) is 0 Å². The Bertz CT molecular complexity index is 1090. The number of nitrogens with two attached hydrogens (primary N) is 2. The highest BCUT2D eigenvalue weighted by molar-refractivity contribution is 5.95. The molecule has 2 rings (SSSR count). The van der Waals surface area contributed by atoms with Gasteiger partial charge in [-0.25, -0.2) is 4.79 Å². The van der Waals surface area contributed by atoms with Gasteiger partial charge >= 0.3 is 6.09 Å². The Labute approximate surface area is 264 Å². The molecular weight excluding hydrogens is 586 g/mol. The first-order chi connectivity index (χ1) is 21.1. The summed E-state index contributed by atoms with van der Waals surface area (Å²) in [5.74, 6) is -2.73. The quantitative estimate of drug-likeness (QED) is 0.155. The van der Waals surface area contributed by atoms with Gasteiger partial charge in [-0.2, -0.15) is 0 Å². The smallest absolute Gasteiger partial charge is 0.408 e. The Kier molecular flexibility index (Phi) is 14.5. The number of rotatable bonds is 15. The predicted octanol–water partition coefficient (Wildman–Crippen LogP) is 0.184. The number of carbonyl (C=O) groups is 7. The Morgan fingerprint density at radius 3 is 2.20 bits per heavy atom. The average molecular weight is 638 g/mol. The molecule has 45 heavy (non-hydrogen) atoms. The summed E-state index contributed by atoms with van der Waals surface area (Å²) in [5, 5.41) is 8.10. The van der Waals surface area contributed by atoms with E-state index in [-0.39, 0.29) is 37.2 Å². The highest BCUT2D eigenvalue weighted by Gasteiger charge is 2.46.